The third kappa shape index (κ3) is 3.58. The Bertz CT molecular complexity index is 646. The van der Waals surface area contributed by atoms with Crippen LogP contribution in [0.5, 0.6) is 11.5 Å². The second kappa shape index (κ2) is 6.51. The van der Waals surface area contributed by atoms with Gasteiger partial charge in [0, 0.05) is 24.4 Å². The maximum absolute atomic E-state index is 5.58. The summed E-state index contributed by atoms with van der Waals surface area (Å²) in [7, 11) is 0. The molecule has 0 atom stereocenters. The van der Waals surface area contributed by atoms with Crippen LogP contribution in [0.2, 0.25) is 0 Å². The number of nitrogens with one attached hydrogen (secondary N) is 2. The molecular formula is C16H20N4O2. The Balaban J connectivity index is 1.71. The van der Waals surface area contributed by atoms with E-state index in [0.717, 1.165) is 35.4 Å². The fraction of sp³-hybridized carbons (Fsp3) is 0.375. The van der Waals surface area contributed by atoms with Gasteiger partial charge in [0.05, 0.1) is 0 Å². The third-order valence-electron chi connectivity index (χ3n) is 3.17. The van der Waals surface area contributed by atoms with Crippen LogP contribution in [0.25, 0.3) is 0 Å². The van der Waals surface area contributed by atoms with Crippen molar-refractivity contribution in [2.75, 3.05) is 30.4 Å². The Labute approximate surface area is 129 Å². The molecule has 1 aliphatic heterocycles. The molecule has 116 valence electrons. The van der Waals surface area contributed by atoms with Gasteiger partial charge < -0.3 is 20.1 Å². The molecule has 0 saturated carbocycles. The van der Waals surface area contributed by atoms with Gasteiger partial charge in [0.25, 0.3) is 0 Å². The SMILES string of the molecule is CC(C)CNc1cc(Nc2ccc3c(c2)OCCO3)ncn1. The predicted octanol–water partition coefficient (Wildman–Crippen LogP) is 3.06. The molecule has 6 heteroatoms. The molecule has 3 rings (SSSR count). The molecular weight excluding hydrogens is 280 g/mol. The molecule has 0 fully saturated rings. The first-order valence-electron chi connectivity index (χ1n) is 7.43. The Morgan fingerprint density at radius 2 is 1.82 bits per heavy atom. The first-order valence-corrected chi connectivity index (χ1v) is 7.43. The second-order valence-electron chi connectivity index (χ2n) is 5.55. The van der Waals surface area contributed by atoms with Gasteiger partial charge >= 0.3 is 0 Å². The Morgan fingerprint density at radius 3 is 2.64 bits per heavy atom. The summed E-state index contributed by atoms with van der Waals surface area (Å²) >= 11 is 0. The maximum atomic E-state index is 5.58. The number of hydrogen-bond acceptors (Lipinski definition) is 6. The van der Waals surface area contributed by atoms with E-state index < -0.39 is 0 Å². The van der Waals surface area contributed by atoms with Crippen molar-refractivity contribution < 1.29 is 9.47 Å². The molecule has 6 nitrogen and oxygen atoms in total. The van der Waals surface area contributed by atoms with Crippen molar-refractivity contribution in [1.82, 2.24) is 9.97 Å². The standard InChI is InChI=1S/C16H20N4O2/c1-11(2)9-17-15-8-16(19-10-18-15)20-12-3-4-13-14(7-12)22-6-5-21-13/h3-4,7-8,10-11H,5-6,9H2,1-2H3,(H2,17,18,19,20). The number of rotatable bonds is 5. The van der Waals surface area contributed by atoms with Crippen LogP contribution in [0.15, 0.2) is 30.6 Å². The fourth-order valence-electron chi connectivity index (χ4n) is 2.10. The first kappa shape index (κ1) is 14.4. The summed E-state index contributed by atoms with van der Waals surface area (Å²) in [6.45, 7) is 6.36. The van der Waals surface area contributed by atoms with Crippen molar-refractivity contribution in [1.29, 1.82) is 0 Å². The molecule has 0 amide bonds. The van der Waals surface area contributed by atoms with Gasteiger partial charge in [0.2, 0.25) is 0 Å². The number of nitrogens with zero attached hydrogens (tertiary/aromatic N) is 2. The average molecular weight is 300 g/mol. The minimum Gasteiger partial charge on any atom is -0.486 e. The topological polar surface area (TPSA) is 68.3 Å². The van der Waals surface area contributed by atoms with Crippen LogP contribution in [-0.4, -0.2) is 29.7 Å². The van der Waals surface area contributed by atoms with Crippen LogP contribution in [0.4, 0.5) is 17.3 Å². The molecule has 0 spiro atoms. The van der Waals surface area contributed by atoms with Crippen LogP contribution in [0.3, 0.4) is 0 Å². The van der Waals surface area contributed by atoms with E-state index in [9.17, 15) is 0 Å². The lowest BCUT2D eigenvalue weighted by molar-refractivity contribution is 0.171. The lowest BCUT2D eigenvalue weighted by Gasteiger charge is -2.19. The van der Waals surface area contributed by atoms with Crippen molar-refractivity contribution in [2.24, 2.45) is 5.92 Å². The fourth-order valence-corrected chi connectivity index (χ4v) is 2.10. The summed E-state index contributed by atoms with van der Waals surface area (Å²) in [6, 6.07) is 7.64. The molecule has 1 aliphatic rings. The molecule has 2 aromatic rings. The van der Waals surface area contributed by atoms with Gasteiger partial charge in [-0.2, -0.15) is 0 Å². The molecule has 2 heterocycles. The van der Waals surface area contributed by atoms with Gasteiger partial charge in [-0.1, -0.05) is 13.8 Å². The summed E-state index contributed by atoms with van der Waals surface area (Å²) in [6.07, 6.45) is 1.54. The zero-order valence-corrected chi connectivity index (χ0v) is 12.8. The van der Waals surface area contributed by atoms with Crippen LogP contribution in [0.1, 0.15) is 13.8 Å². The normalized spacial score (nSPS) is 13.0. The quantitative estimate of drug-likeness (QED) is 0.884. The Morgan fingerprint density at radius 1 is 1.05 bits per heavy atom. The van der Waals surface area contributed by atoms with Crippen molar-refractivity contribution >= 4 is 17.3 Å². The number of fused-ring (bicyclic) bond motifs is 1. The minimum atomic E-state index is 0.559. The largest absolute Gasteiger partial charge is 0.486 e. The lowest BCUT2D eigenvalue weighted by atomic mass is 10.2. The van der Waals surface area contributed by atoms with Crippen LogP contribution in [0, 0.1) is 5.92 Å². The Hall–Kier alpha value is -2.50. The van der Waals surface area contributed by atoms with Crippen molar-refractivity contribution in [3.05, 3.63) is 30.6 Å². The summed E-state index contributed by atoms with van der Waals surface area (Å²) in [5.74, 6) is 3.63. The highest BCUT2D eigenvalue weighted by molar-refractivity contribution is 5.63. The van der Waals surface area contributed by atoms with Gasteiger partial charge in [0.1, 0.15) is 31.2 Å². The number of ether oxygens (including phenoxy) is 2. The van der Waals surface area contributed by atoms with E-state index in [1.807, 2.05) is 24.3 Å². The molecule has 0 saturated heterocycles. The summed E-state index contributed by atoms with van der Waals surface area (Å²) in [4.78, 5) is 8.46. The van der Waals surface area contributed by atoms with Gasteiger partial charge in [0.15, 0.2) is 11.5 Å². The number of benzene rings is 1. The van der Waals surface area contributed by atoms with E-state index in [0.29, 0.717) is 19.1 Å². The predicted molar refractivity (Wildman–Crippen MR) is 86.1 cm³/mol. The van der Waals surface area contributed by atoms with Crippen LogP contribution < -0.4 is 20.1 Å². The van der Waals surface area contributed by atoms with Crippen molar-refractivity contribution in [2.45, 2.75) is 13.8 Å². The average Bonchev–Trinajstić information content (AvgIpc) is 2.53. The highest BCUT2D eigenvalue weighted by Gasteiger charge is 2.12. The Kier molecular flexibility index (Phi) is 4.27. The molecule has 1 aromatic heterocycles. The highest BCUT2D eigenvalue weighted by atomic mass is 16.6. The van der Waals surface area contributed by atoms with E-state index in [4.69, 9.17) is 9.47 Å². The molecule has 0 unspecified atom stereocenters. The number of anilines is 3. The summed E-state index contributed by atoms with van der Waals surface area (Å²) < 4.78 is 11.1. The monoisotopic (exact) mass is 300 g/mol. The maximum Gasteiger partial charge on any atom is 0.163 e. The molecule has 1 aromatic carbocycles. The molecule has 0 aliphatic carbocycles. The molecule has 22 heavy (non-hydrogen) atoms. The van der Waals surface area contributed by atoms with Crippen LogP contribution in [-0.2, 0) is 0 Å². The number of hydrogen-bond donors (Lipinski definition) is 2. The zero-order valence-electron chi connectivity index (χ0n) is 12.8. The lowest BCUT2D eigenvalue weighted by Crippen LogP contribution is -2.15. The van der Waals surface area contributed by atoms with E-state index >= 15 is 0 Å². The van der Waals surface area contributed by atoms with E-state index in [2.05, 4.69) is 34.4 Å². The molecule has 2 N–H and O–H groups in total. The van der Waals surface area contributed by atoms with Crippen molar-refractivity contribution in [3.8, 4) is 11.5 Å². The van der Waals surface area contributed by atoms with Crippen molar-refractivity contribution in [3.63, 3.8) is 0 Å². The molecule has 0 bridgehead atoms. The minimum absolute atomic E-state index is 0.559. The van der Waals surface area contributed by atoms with E-state index in [-0.39, 0.29) is 0 Å². The highest BCUT2D eigenvalue weighted by Crippen LogP contribution is 2.33. The van der Waals surface area contributed by atoms with Gasteiger partial charge in [-0.15, -0.1) is 0 Å². The first-order chi connectivity index (χ1) is 10.7. The van der Waals surface area contributed by atoms with Crippen LogP contribution >= 0.6 is 0 Å². The van der Waals surface area contributed by atoms with E-state index in [1.165, 1.54) is 0 Å². The summed E-state index contributed by atoms with van der Waals surface area (Å²) in [5, 5.41) is 6.54. The third-order valence-corrected chi connectivity index (χ3v) is 3.17. The smallest absolute Gasteiger partial charge is 0.163 e. The number of aromatic nitrogens is 2. The van der Waals surface area contributed by atoms with Gasteiger partial charge in [-0.25, -0.2) is 9.97 Å². The second-order valence-corrected chi connectivity index (χ2v) is 5.55. The molecule has 0 radical (unpaired) electrons. The summed E-state index contributed by atoms with van der Waals surface area (Å²) in [5.41, 5.74) is 0.901. The van der Waals surface area contributed by atoms with Gasteiger partial charge in [-0.3, -0.25) is 0 Å². The van der Waals surface area contributed by atoms with Gasteiger partial charge in [-0.05, 0) is 18.1 Å². The van der Waals surface area contributed by atoms with E-state index in [1.54, 1.807) is 6.33 Å². The zero-order chi connectivity index (χ0) is 15.4.